The first-order valence-corrected chi connectivity index (χ1v) is 5.65. The summed E-state index contributed by atoms with van der Waals surface area (Å²) in [5, 5.41) is 2.90. The third-order valence-electron chi connectivity index (χ3n) is 3.08. The number of hydrogen-bond donors (Lipinski definition) is 1. The Labute approximate surface area is 95.0 Å². The van der Waals surface area contributed by atoms with E-state index in [9.17, 15) is 4.79 Å². The molecule has 1 heterocycles. The summed E-state index contributed by atoms with van der Waals surface area (Å²) in [6, 6.07) is 3.67. The molecule has 0 unspecified atom stereocenters. The van der Waals surface area contributed by atoms with Crippen molar-refractivity contribution in [2.45, 2.75) is 25.4 Å². The number of carbonyl (C=O) groups is 1. The Morgan fingerprint density at radius 1 is 1.69 bits per heavy atom. The standard InChI is InChI=1S/C12H17NO3/c1-15-11(10-6-3-7-16-10)8-13-12(14)9-4-2-5-9/h3,6-7,9,11H,2,4-5,8H2,1H3,(H,13,14)/t11-/m1/s1. The Morgan fingerprint density at radius 3 is 3.00 bits per heavy atom. The van der Waals surface area contributed by atoms with Crippen molar-refractivity contribution in [3.8, 4) is 0 Å². The smallest absolute Gasteiger partial charge is 0.223 e. The molecule has 1 aromatic rings. The lowest BCUT2D eigenvalue weighted by Gasteiger charge is -2.25. The topological polar surface area (TPSA) is 51.5 Å². The fourth-order valence-electron chi connectivity index (χ4n) is 1.78. The molecule has 1 aromatic heterocycles. The molecule has 0 radical (unpaired) electrons. The molecule has 1 aliphatic carbocycles. The molecule has 1 aliphatic rings. The molecule has 4 heteroatoms. The van der Waals surface area contributed by atoms with E-state index in [0.29, 0.717) is 6.54 Å². The number of hydrogen-bond acceptors (Lipinski definition) is 3. The van der Waals surface area contributed by atoms with Gasteiger partial charge in [0.2, 0.25) is 5.91 Å². The van der Waals surface area contributed by atoms with Gasteiger partial charge in [-0.3, -0.25) is 4.79 Å². The molecule has 0 saturated heterocycles. The van der Waals surface area contributed by atoms with E-state index >= 15 is 0 Å². The van der Waals surface area contributed by atoms with Gasteiger partial charge < -0.3 is 14.5 Å². The lowest BCUT2D eigenvalue weighted by Crippen LogP contribution is -2.37. The fraction of sp³-hybridized carbons (Fsp3) is 0.583. The zero-order chi connectivity index (χ0) is 11.4. The van der Waals surface area contributed by atoms with Gasteiger partial charge in [0.05, 0.1) is 12.8 Å². The molecule has 1 saturated carbocycles. The van der Waals surface area contributed by atoms with E-state index in [1.807, 2.05) is 12.1 Å². The van der Waals surface area contributed by atoms with Crippen LogP contribution in [0.1, 0.15) is 31.1 Å². The third-order valence-corrected chi connectivity index (χ3v) is 3.08. The van der Waals surface area contributed by atoms with Crippen LogP contribution in [-0.4, -0.2) is 19.6 Å². The minimum Gasteiger partial charge on any atom is -0.467 e. The number of ether oxygens (including phenoxy) is 1. The minimum absolute atomic E-state index is 0.139. The number of carbonyl (C=O) groups excluding carboxylic acids is 1. The van der Waals surface area contributed by atoms with Crippen molar-refractivity contribution in [3.05, 3.63) is 24.2 Å². The quantitative estimate of drug-likeness (QED) is 0.829. The Hall–Kier alpha value is -1.29. The molecule has 0 aliphatic heterocycles. The van der Waals surface area contributed by atoms with Gasteiger partial charge in [0, 0.05) is 13.0 Å². The molecule has 1 N–H and O–H groups in total. The molecule has 0 bridgehead atoms. The maximum absolute atomic E-state index is 11.6. The van der Waals surface area contributed by atoms with Crippen molar-refractivity contribution in [2.75, 3.05) is 13.7 Å². The molecular weight excluding hydrogens is 206 g/mol. The summed E-state index contributed by atoms with van der Waals surface area (Å²) in [4.78, 5) is 11.6. The van der Waals surface area contributed by atoms with Crippen LogP contribution in [0.25, 0.3) is 0 Å². The van der Waals surface area contributed by atoms with Crippen LogP contribution in [0, 0.1) is 5.92 Å². The average molecular weight is 223 g/mol. The first kappa shape index (κ1) is 11.2. The van der Waals surface area contributed by atoms with Crippen molar-refractivity contribution in [1.29, 1.82) is 0 Å². The van der Waals surface area contributed by atoms with Gasteiger partial charge in [-0.25, -0.2) is 0 Å². The third kappa shape index (κ3) is 2.44. The highest BCUT2D eigenvalue weighted by Crippen LogP contribution is 2.26. The molecule has 16 heavy (non-hydrogen) atoms. The lowest BCUT2D eigenvalue weighted by molar-refractivity contribution is -0.128. The molecule has 0 spiro atoms. The van der Waals surface area contributed by atoms with E-state index in [0.717, 1.165) is 18.6 Å². The molecular formula is C12H17NO3. The lowest BCUT2D eigenvalue weighted by atomic mass is 9.85. The van der Waals surface area contributed by atoms with Gasteiger partial charge in [0.1, 0.15) is 11.9 Å². The number of methoxy groups -OCH3 is 1. The van der Waals surface area contributed by atoms with E-state index in [1.165, 1.54) is 6.42 Å². The van der Waals surface area contributed by atoms with E-state index in [1.54, 1.807) is 13.4 Å². The van der Waals surface area contributed by atoms with Gasteiger partial charge in [0.25, 0.3) is 0 Å². The van der Waals surface area contributed by atoms with Gasteiger partial charge >= 0.3 is 0 Å². The molecule has 88 valence electrons. The van der Waals surface area contributed by atoms with Crippen LogP contribution < -0.4 is 5.32 Å². The Bertz CT molecular complexity index is 330. The summed E-state index contributed by atoms with van der Waals surface area (Å²) in [6.45, 7) is 0.472. The summed E-state index contributed by atoms with van der Waals surface area (Å²) < 4.78 is 10.5. The summed E-state index contributed by atoms with van der Waals surface area (Å²) in [5.41, 5.74) is 0. The predicted molar refractivity (Wildman–Crippen MR) is 58.8 cm³/mol. The molecule has 1 fully saturated rings. The maximum atomic E-state index is 11.6. The SMILES string of the molecule is CO[C@H](CNC(=O)C1CCC1)c1ccco1. The Balaban J connectivity index is 1.81. The van der Waals surface area contributed by atoms with Crippen LogP contribution in [0.15, 0.2) is 22.8 Å². The van der Waals surface area contributed by atoms with Crippen molar-refractivity contribution >= 4 is 5.91 Å². The summed E-state index contributed by atoms with van der Waals surface area (Å²) in [5.74, 6) is 1.10. The van der Waals surface area contributed by atoms with E-state index < -0.39 is 0 Å². The molecule has 0 aromatic carbocycles. The highest BCUT2D eigenvalue weighted by Gasteiger charge is 2.25. The normalized spacial score (nSPS) is 17.8. The van der Waals surface area contributed by atoms with Crippen LogP contribution >= 0.6 is 0 Å². The van der Waals surface area contributed by atoms with E-state index in [-0.39, 0.29) is 17.9 Å². The highest BCUT2D eigenvalue weighted by atomic mass is 16.5. The molecule has 1 amide bonds. The highest BCUT2D eigenvalue weighted by molar-refractivity contribution is 5.79. The van der Waals surface area contributed by atoms with Crippen LogP contribution in [0.5, 0.6) is 0 Å². The number of rotatable bonds is 5. The summed E-state index contributed by atoms with van der Waals surface area (Å²) in [7, 11) is 1.61. The van der Waals surface area contributed by atoms with E-state index in [2.05, 4.69) is 5.32 Å². The van der Waals surface area contributed by atoms with Crippen molar-refractivity contribution in [2.24, 2.45) is 5.92 Å². The van der Waals surface area contributed by atoms with Crippen LogP contribution in [0.3, 0.4) is 0 Å². The minimum atomic E-state index is -0.195. The first-order valence-electron chi connectivity index (χ1n) is 5.65. The van der Waals surface area contributed by atoms with Gasteiger partial charge in [-0.1, -0.05) is 6.42 Å². The molecule has 1 atom stereocenters. The van der Waals surface area contributed by atoms with Crippen molar-refractivity contribution < 1.29 is 13.9 Å². The van der Waals surface area contributed by atoms with Gasteiger partial charge in [-0.15, -0.1) is 0 Å². The zero-order valence-electron chi connectivity index (χ0n) is 9.44. The fourth-order valence-corrected chi connectivity index (χ4v) is 1.78. The van der Waals surface area contributed by atoms with E-state index in [4.69, 9.17) is 9.15 Å². The van der Waals surface area contributed by atoms with Gasteiger partial charge in [-0.05, 0) is 25.0 Å². The largest absolute Gasteiger partial charge is 0.467 e. The summed E-state index contributed by atoms with van der Waals surface area (Å²) >= 11 is 0. The van der Waals surface area contributed by atoms with Crippen LogP contribution in [0.4, 0.5) is 0 Å². The first-order chi connectivity index (χ1) is 7.81. The second-order valence-corrected chi connectivity index (χ2v) is 4.11. The van der Waals surface area contributed by atoms with Gasteiger partial charge in [-0.2, -0.15) is 0 Å². The average Bonchev–Trinajstić information content (AvgIpc) is 2.69. The number of amides is 1. The van der Waals surface area contributed by atoms with Crippen molar-refractivity contribution in [1.82, 2.24) is 5.32 Å². The second kappa shape index (κ2) is 5.16. The Morgan fingerprint density at radius 2 is 2.50 bits per heavy atom. The zero-order valence-corrected chi connectivity index (χ0v) is 9.44. The molecule has 4 nitrogen and oxygen atoms in total. The summed E-state index contributed by atoms with van der Waals surface area (Å²) in [6.07, 6.45) is 4.62. The second-order valence-electron chi connectivity index (χ2n) is 4.11. The number of furan rings is 1. The molecule has 2 rings (SSSR count). The number of nitrogens with one attached hydrogen (secondary N) is 1. The maximum Gasteiger partial charge on any atom is 0.223 e. The van der Waals surface area contributed by atoms with Crippen LogP contribution in [-0.2, 0) is 9.53 Å². The monoisotopic (exact) mass is 223 g/mol. The van der Waals surface area contributed by atoms with Gasteiger partial charge in [0.15, 0.2) is 0 Å². The van der Waals surface area contributed by atoms with Crippen molar-refractivity contribution in [3.63, 3.8) is 0 Å². The predicted octanol–water partition coefficient (Wildman–Crippen LogP) is 1.88. The Kier molecular flexibility index (Phi) is 3.62. The van der Waals surface area contributed by atoms with Crippen LogP contribution in [0.2, 0.25) is 0 Å².